The number of nitrogens with one attached hydrogen (secondary N) is 4. The monoisotopic (exact) mass is 463 g/mol. The van der Waals surface area contributed by atoms with Crippen LogP contribution in [0.15, 0.2) is 42.6 Å². The Bertz CT molecular complexity index is 1060. The van der Waals surface area contributed by atoms with Crippen LogP contribution in [0.3, 0.4) is 0 Å². The molecule has 0 radical (unpaired) electrons. The van der Waals surface area contributed by atoms with Gasteiger partial charge < -0.3 is 31.0 Å². The Kier molecular flexibility index (Phi) is 8.34. The zero-order valence-corrected chi connectivity index (χ0v) is 21.0. The molecule has 0 aliphatic carbocycles. The van der Waals surface area contributed by atoms with Crippen molar-refractivity contribution < 1.29 is 9.53 Å². The fourth-order valence-corrected chi connectivity index (χ4v) is 4.02. The molecule has 7 heteroatoms. The molecule has 0 unspecified atom stereocenters. The molecule has 2 aromatic rings. The van der Waals surface area contributed by atoms with Gasteiger partial charge in [-0.05, 0) is 81.8 Å². The van der Waals surface area contributed by atoms with Crippen LogP contribution in [0.1, 0.15) is 53.9 Å². The van der Waals surface area contributed by atoms with E-state index in [1.807, 2.05) is 65.1 Å². The van der Waals surface area contributed by atoms with Gasteiger partial charge in [-0.25, -0.2) is 0 Å². The number of nitrogens with zero attached hydrogens (tertiary/aromatic N) is 1. The molecule has 1 atom stereocenters. The van der Waals surface area contributed by atoms with E-state index in [2.05, 4.69) is 26.9 Å². The third kappa shape index (κ3) is 5.97. The molecule has 4 N–H and O–H groups in total. The van der Waals surface area contributed by atoms with Gasteiger partial charge in [-0.15, -0.1) is 0 Å². The summed E-state index contributed by atoms with van der Waals surface area (Å²) in [6.45, 7) is 9.77. The van der Waals surface area contributed by atoms with E-state index in [9.17, 15) is 4.79 Å². The summed E-state index contributed by atoms with van der Waals surface area (Å²) in [5.41, 5.74) is 5.20. The van der Waals surface area contributed by atoms with Crippen molar-refractivity contribution in [1.82, 2.24) is 16.0 Å². The van der Waals surface area contributed by atoms with Gasteiger partial charge in [0.25, 0.3) is 5.91 Å². The zero-order chi connectivity index (χ0) is 24.8. The number of allylic oxidation sites excluding steroid dienone is 1. The molecule has 1 aliphatic heterocycles. The number of carbonyl (C=O) groups is 1. The molecule has 34 heavy (non-hydrogen) atoms. The van der Waals surface area contributed by atoms with E-state index in [1.54, 1.807) is 13.2 Å². The lowest BCUT2D eigenvalue weighted by molar-refractivity contribution is 0.0939. The largest absolute Gasteiger partial charge is 0.491 e. The molecule has 182 valence electrons. The van der Waals surface area contributed by atoms with Crippen molar-refractivity contribution in [1.29, 1.82) is 5.41 Å². The van der Waals surface area contributed by atoms with Gasteiger partial charge >= 0.3 is 0 Å². The lowest BCUT2D eigenvalue weighted by Gasteiger charge is -2.41. The van der Waals surface area contributed by atoms with Gasteiger partial charge in [0.05, 0.1) is 12.1 Å². The van der Waals surface area contributed by atoms with Gasteiger partial charge in [-0.3, -0.25) is 4.79 Å². The molecule has 1 saturated heterocycles. The van der Waals surface area contributed by atoms with Crippen molar-refractivity contribution in [3.63, 3.8) is 0 Å². The Morgan fingerprint density at radius 2 is 1.88 bits per heavy atom. The van der Waals surface area contributed by atoms with Crippen molar-refractivity contribution in [2.45, 2.75) is 45.9 Å². The van der Waals surface area contributed by atoms with Crippen LogP contribution >= 0.6 is 0 Å². The first-order chi connectivity index (χ1) is 16.2. The highest BCUT2D eigenvalue weighted by atomic mass is 16.5. The minimum Gasteiger partial charge on any atom is -0.491 e. The molecule has 0 saturated carbocycles. The fourth-order valence-electron chi connectivity index (χ4n) is 4.02. The second-order valence-electron chi connectivity index (χ2n) is 9.07. The van der Waals surface area contributed by atoms with Gasteiger partial charge in [0, 0.05) is 55.4 Å². The van der Waals surface area contributed by atoms with Gasteiger partial charge in [-0.1, -0.05) is 6.07 Å². The summed E-state index contributed by atoms with van der Waals surface area (Å²) in [6, 6.07) is 12.2. The van der Waals surface area contributed by atoms with Crippen LogP contribution in [0.5, 0.6) is 5.75 Å². The molecule has 0 aromatic heterocycles. The highest BCUT2D eigenvalue weighted by Crippen LogP contribution is 2.28. The summed E-state index contributed by atoms with van der Waals surface area (Å²) < 4.78 is 5.96. The van der Waals surface area contributed by atoms with Crippen LogP contribution in [-0.4, -0.2) is 51.5 Å². The average Bonchev–Trinajstić information content (AvgIpc) is 2.76. The number of hydrogen-bond acceptors (Lipinski definition) is 6. The molecule has 1 fully saturated rings. The van der Waals surface area contributed by atoms with Crippen LogP contribution in [0, 0.1) is 12.3 Å². The molecule has 2 aromatic carbocycles. The van der Waals surface area contributed by atoms with E-state index in [-0.39, 0.29) is 18.1 Å². The average molecular weight is 464 g/mol. The van der Waals surface area contributed by atoms with Gasteiger partial charge in [0.1, 0.15) is 5.75 Å². The first kappa shape index (κ1) is 25.3. The first-order valence-corrected chi connectivity index (χ1v) is 11.8. The topological polar surface area (TPSA) is 89.5 Å². The molecule has 0 spiro atoms. The number of aryl methyl sites for hydroxylation is 1. The van der Waals surface area contributed by atoms with Crippen molar-refractivity contribution >= 4 is 23.4 Å². The summed E-state index contributed by atoms with van der Waals surface area (Å²) in [6.07, 6.45) is 3.10. The van der Waals surface area contributed by atoms with E-state index < -0.39 is 0 Å². The van der Waals surface area contributed by atoms with Crippen LogP contribution < -0.4 is 25.6 Å². The van der Waals surface area contributed by atoms with E-state index in [1.165, 1.54) is 6.21 Å². The normalized spacial score (nSPS) is 15.0. The minimum atomic E-state index is -0.246. The number of likely N-dealkylation sites (N-methyl/N-ethyl adjacent to an activating group) is 1. The molecule has 3 rings (SSSR count). The van der Waals surface area contributed by atoms with Crippen molar-refractivity contribution in [3.05, 3.63) is 64.9 Å². The van der Waals surface area contributed by atoms with Crippen LogP contribution in [0.4, 0.5) is 5.69 Å². The number of rotatable bonds is 10. The second kappa shape index (κ2) is 11.2. The summed E-state index contributed by atoms with van der Waals surface area (Å²) in [4.78, 5) is 15.5. The van der Waals surface area contributed by atoms with Crippen molar-refractivity contribution in [2.24, 2.45) is 0 Å². The Morgan fingerprint density at radius 3 is 2.50 bits per heavy atom. The number of anilines is 1. The minimum absolute atomic E-state index is 0.0131. The highest BCUT2D eigenvalue weighted by molar-refractivity contribution is 6.08. The molecule has 1 aliphatic rings. The lowest BCUT2D eigenvalue weighted by Crippen LogP contribution is -2.57. The maximum Gasteiger partial charge on any atom is 0.252 e. The second-order valence-corrected chi connectivity index (χ2v) is 9.07. The lowest BCUT2D eigenvalue weighted by atomic mass is 9.99. The van der Waals surface area contributed by atoms with E-state index in [0.717, 1.165) is 41.0 Å². The predicted molar refractivity (Wildman–Crippen MR) is 140 cm³/mol. The molecular formula is C27H37N5O2. The third-order valence-electron chi connectivity index (χ3n) is 6.06. The number of amides is 1. The van der Waals surface area contributed by atoms with Gasteiger partial charge in [0.15, 0.2) is 0 Å². The maximum atomic E-state index is 13.3. The zero-order valence-electron chi connectivity index (χ0n) is 21.0. The Balaban J connectivity index is 1.84. The summed E-state index contributed by atoms with van der Waals surface area (Å²) in [7, 11) is 3.78. The van der Waals surface area contributed by atoms with Crippen molar-refractivity contribution in [3.8, 4) is 5.75 Å². The molecule has 1 heterocycles. The summed E-state index contributed by atoms with van der Waals surface area (Å²) >= 11 is 0. The quantitative estimate of drug-likeness (QED) is 0.402. The Labute approximate surface area is 203 Å². The molecule has 0 bridgehead atoms. The first-order valence-electron chi connectivity index (χ1n) is 11.8. The standard InChI is InChI=1S/C27H37N5O2/c1-17(2)34-25-10-20(9-21(11-25)22(13-28)14-29-5)19(4)31-27(33)26-12-24(8-7-18(26)3)32-15-23(16-32)30-6/h7-14,17,19,23,28-30H,15-16H2,1-6H3,(H,31,33)/b22-14+,28-13?/t19-/m1/s1. The van der Waals surface area contributed by atoms with E-state index in [0.29, 0.717) is 17.4 Å². The predicted octanol–water partition coefficient (Wildman–Crippen LogP) is 3.89. The van der Waals surface area contributed by atoms with E-state index >= 15 is 0 Å². The van der Waals surface area contributed by atoms with Gasteiger partial charge in [0.2, 0.25) is 0 Å². The smallest absolute Gasteiger partial charge is 0.252 e. The van der Waals surface area contributed by atoms with Gasteiger partial charge in [-0.2, -0.15) is 0 Å². The number of ether oxygens (including phenoxy) is 1. The maximum absolute atomic E-state index is 13.3. The fraction of sp³-hybridized carbons (Fsp3) is 0.407. The molecule has 7 nitrogen and oxygen atoms in total. The van der Waals surface area contributed by atoms with E-state index in [4.69, 9.17) is 10.1 Å². The van der Waals surface area contributed by atoms with Crippen LogP contribution in [0.25, 0.3) is 5.57 Å². The SMILES string of the molecule is CN/C=C(\C=N)c1cc(OC(C)C)cc([C@@H](C)NC(=O)c2cc(N3CC(NC)C3)ccc2C)c1. The third-order valence-corrected chi connectivity index (χ3v) is 6.06. The molecule has 1 amide bonds. The highest BCUT2D eigenvalue weighted by Gasteiger charge is 2.26. The van der Waals surface area contributed by atoms with Crippen molar-refractivity contribution in [2.75, 3.05) is 32.1 Å². The summed E-state index contributed by atoms with van der Waals surface area (Å²) in [5.74, 6) is 0.606. The number of benzene rings is 2. The molecular weight excluding hydrogens is 426 g/mol. The number of carbonyl (C=O) groups excluding carboxylic acids is 1. The van der Waals surface area contributed by atoms with Crippen LogP contribution in [-0.2, 0) is 0 Å². The summed E-state index contributed by atoms with van der Waals surface area (Å²) in [5, 5.41) is 17.2. The Hall–Kier alpha value is -3.32. The van der Waals surface area contributed by atoms with Crippen LogP contribution in [0.2, 0.25) is 0 Å². The Morgan fingerprint density at radius 1 is 1.15 bits per heavy atom. The number of hydrogen-bond donors (Lipinski definition) is 4.